The van der Waals surface area contributed by atoms with Gasteiger partial charge in [0.2, 0.25) is 0 Å². The maximum Gasteiger partial charge on any atom is 0.334 e. The minimum absolute atomic E-state index is 0.0549. The first-order valence-corrected chi connectivity index (χ1v) is 8.94. The van der Waals surface area contributed by atoms with E-state index in [0.717, 1.165) is 5.56 Å². The van der Waals surface area contributed by atoms with Crippen molar-refractivity contribution < 1.29 is 34.0 Å². The monoisotopic (exact) mass is 378 g/mol. The topological polar surface area (TPSA) is 94.5 Å². The SMILES string of the molecule is CC(C)(C)OC(=O)/C=C1/C[C@]2(O)CO[C@H](OCc3ccccc3)[C@@H](O)[C@@H]2O1. The van der Waals surface area contributed by atoms with Crippen molar-refractivity contribution in [2.24, 2.45) is 0 Å². The molecule has 0 bridgehead atoms. The summed E-state index contributed by atoms with van der Waals surface area (Å²) in [5.74, 6) is -0.310. The molecule has 148 valence electrons. The van der Waals surface area contributed by atoms with Gasteiger partial charge in [-0.25, -0.2) is 4.79 Å². The summed E-state index contributed by atoms with van der Waals surface area (Å²) in [7, 11) is 0. The molecular formula is C20H26O7. The fourth-order valence-corrected chi connectivity index (χ4v) is 3.15. The van der Waals surface area contributed by atoms with Gasteiger partial charge in [0.05, 0.1) is 19.3 Å². The van der Waals surface area contributed by atoms with Crippen molar-refractivity contribution >= 4 is 5.97 Å². The minimum atomic E-state index is -1.42. The second-order valence-corrected chi connectivity index (χ2v) is 7.93. The molecule has 1 aromatic rings. The molecule has 2 heterocycles. The lowest BCUT2D eigenvalue weighted by Crippen LogP contribution is -2.59. The first kappa shape index (κ1) is 19.8. The van der Waals surface area contributed by atoms with Crippen LogP contribution in [0.15, 0.2) is 42.2 Å². The Morgan fingerprint density at radius 1 is 1.33 bits per heavy atom. The first-order valence-electron chi connectivity index (χ1n) is 8.94. The third-order valence-corrected chi connectivity index (χ3v) is 4.32. The molecule has 1 aromatic carbocycles. The van der Waals surface area contributed by atoms with Crippen LogP contribution in [0.2, 0.25) is 0 Å². The van der Waals surface area contributed by atoms with Gasteiger partial charge in [0, 0.05) is 6.42 Å². The molecule has 0 aliphatic carbocycles. The second kappa shape index (κ2) is 7.59. The molecule has 0 radical (unpaired) electrons. The van der Waals surface area contributed by atoms with Crippen molar-refractivity contribution in [1.82, 2.24) is 0 Å². The Hall–Kier alpha value is -1.93. The van der Waals surface area contributed by atoms with Crippen LogP contribution in [0.5, 0.6) is 0 Å². The van der Waals surface area contributed by atoms with E-state index in [-0.39, 0.29) is 25.4 Å². The summed E-state index contributed by atoms with van der Waals surface area (Å²) in [5.41, 5.74) is -1.11. The predicted octanol–water partition coefficient (Wildman–Crippen LogP) is 1.67. The Bertz CT molecular complexity index is 694. The summed E-state index contributed by atoms with van der Waals surface area (Å²) in [5, 5.41) is 21.3. The van der Waals surface area contributed by atoms with E-state index in [1.165, 1.54) is 6.08 Å². The van der Waals surface area contributed by atoms with Crippen LogP contribution < -0.4 is 0 Å². The van der Waals surface area contributed by atoms with Gasteiger partial charge in [-0.1, -0.05) is 30.3 Å². The molecule has 0 amide bonds. The van der Waals surface area contributed by atoms with Crippen molar-refractivity contribution in [3.05, 3.63) is 47.7 Å². The van der Waals surface area contributed by atoms with E-state index in [1.807, 2.05) is 30.3 Å². The Balaban J connectivity index is 1.63. The zero-order chi connectivity index (χ0) is 19.7. The van der Waals surface area contributed by atoms with Crippen LogP contribution in [0, 0.1) is 0 Å². The van der Waals surface area contributed by atoms with Gasteiger partial charge in [0.1, 0.15) is 23.1 Å². The predicted molar refractivity (Wildman–Crippen MR) is 95.3 cm³/mol. The number of aliphatic hydroxyl groups excluding tert-OH is 1. The fraction of sp³-hybridized carbons (Fsp3) is 0.550. The maximum atomic E-state index is 12.0. The highest BCUT2D eigenvalue weighted by Crippen LogP contribution is 2.40. The molecule has 0 spiro atoms. The molecule has 3 rings (SSSR count). The van der Waals surface area contributed by atoms with E-state index in [0.29, 0.717) is 0 Å². The van der Waals surface area contributed by atoms with Crippen molar-refractivity contribution in [1.29, 1.82) is 0 Å². The summed E-state index contributed by atoms with van der Waals surface area (Å²) in [6.45, 7) is 5.48. The molecule has 2 aliphatic rings. The highest BCUT2D eigenvalue weighted by atomic mass is 16.7. The first-order chi connectivity index (χ1) is 12.7. The van der Waals surface area contributed by atoms with E-state index >= 15 is 0 Å². The molecule has 2 fully saturated rings. The Morgan fingerprint density at radius 2 is 2.04 bits per heavy atom. The molecule has 0 aromatic heterocycles. The number of carbonyl (C=O) groups excluding carboxylic acids is 1. The number of ether oxygens (including phenoxy) is 4. The highest BCUT2D eigenvalue weighted by Gasteiger charge is 2.56. The lowest BCUT2D eigenvalue weighted by molar-refractivity contribution is -0.288. The number of carbonyl (C=O) groups is 1. The molecular weight excluding hydrogens is 352 g/mol. The summed E-state index contributed by atoms with van der Waals surface area (Å²) in [6, 6.07) is 9.49. The lowest BCUT2D eigenvalue weighted by Gasteiger charge is -2.39. The van der Waals surface area contributed by atoms with Gasteiger partial charge in [-0.3, -0.25) is 0 Å². The van der Waals surface area contributed by atoms with Gasteiger partial charge in [-0.2, -0.15) is 0 Å². The average molecular weight is 378 g/mol. The number of hydrogen-bond acceptors (Lipinski definition) is 7. The van der Waals surface area contributed by atoms with E-state index in [1.54, 1.807) is 20.8 Å². The van der Waals surface area contributed by atoms with Crippen LogP contribution >= 0.6 is 0 Å². The second-order valence-electron chi connectivity index (χ2n) is 7.93. The van der Waals surface area contributed by atoms with Crippen LogP contribution in [-0.4, -0.2) is 52.5 Å². The largest absolute Gasteiger partial charge is 0.488 e. The lowest BCUT2D eigenvalue weighted by atomic mass is 9.89. The zero-order valence-electron chi connectivity index (χ0n) is 15.8. The van der Waals surface area contributed by atoms with Gasteiger partial charge in [0.25, 0.3) is 0 Å². The van der Waals surface area contributed by atoms with Gasteiger partial charge in [0.15, 0.2) is 12.4 Å². The van der Waals surface area contributed by atoms with Crippen LogP contribution in [0.4, 0.5) is 0 Å². The average Bonchev–Trinajstić information content (AvgIpc) is 2.90. The third kappa shape index (κ3) is 4.87. The van der Waals surface area contributed by atoms with Crippen molar-refractivity contribution in [2.45, 2.75) is 63.5 Å². The van der Waals surface area contributed by atoms with E-state index in [4.69, 9.17) is 18.9 Å². The van der Waals surface area contributed by atoms with E-state index < -0.39 is 35.7 Å². The maximum absolute atomic E-state index is 12.0. The molecule has 7 nitrogen and oxygen atoms in total. The summed E-state index contributed by atoms with van der Waals surface area (Å²) >= 11 is 0. The fourth-order valence-electron chi connectivity index (χ4n) is 3.15. The third-order valence-electron chi connectivity index (χ3n) is 4.32. The molecule has 7 heteroatoms. The smallest absolute Gasteiger partial charge is 0.334 e. The number of hydrogen-bond donors (Lipinski definition) is 2. The number of rotatable bonds is 4. The zero-order valence-corrected chi connectivity index (χ0v) is 15.8. The summed E-state index contributed by atoms with van der Waals surface area (Å²) < 4.78 is 22.0. The number of aliphatic hydroxyl groups is 2. The van der Waals surface area contributed by atoms with Crippen molar-refractivity contribution in [3.8, 4) is 0 Å². The standard InChI is InChI=1S/C20H26O7/c1-19(2,3)27-15(21)9-14-10-20(23)12-25-18(16(22)17(20)26-14)24-11-13-7-5-4-6-8-13/h4-9,16-18,22-23H,10-12H2,1-3H3/b14-9-/t16-,17-,18-,20-/m0/s1. The van der Waals surface area contributed by atoms with E-state index in [2.05, 4.69) is 0 Å². The molecule has 0 saturated carbocycles. The molecule has 4 atom stereocenters. The Kier molecular flexibility index (Phi) is 5.58. The Labute approximate surface area is 158 Å². The summed E-state index contributed by atoms with van der Waals surface area (Å²) in [4.78, 5) is 12.0. The van der Waals surface area contributed by atoms with Crippen LogP contribution in [0.1, 0.15) is 32.8 Å². The van der Waals surface area contributed by atoms with Crippen LogP contribution in [-0.2, 0) is 30.3 Å². The highest BCUT2D eigenvalue weighted by molar-refractivity contribution is 5.82. The van der Waals surface area contributed by atoms with Crippen molar-refractivity contribution in [2.75, 3.05) is 6.61 Å². The quantitative estimate of drug-likeness (QED) is 0.608. The minimum Gasteiger partial charge on any atom is -0.488 e. The summed E-state index contributed by atoms with van der Waals surface area (Å²) in [6.07, 6.45) is -1.82. The van der Waals surface area contributed by atoms with Gasteiger partial charge < -0.3 is 29.2 Å². The van der Waals surface area contributed by atoms with Gasteiger partial charge >= 0.3 is 5.97 Å². The van der Waals surface area contributed by atoms with Crippen LogP contribution in [0.25, 0.3) is 0 Å². The molecule has 27 heavy (non-hydrogen) atoms. The van der Waals surface area contributed by atoms with Gasteiger partial charge in [-0.05, 0) is 26.3 Å². The molecule has 2 aliphatic heterocycles. The number of esters is 1. The molecule has 2 saturated heterocycles. The molecule has 2 N–H and O–H groups in total. The molecule has 0 unspecified atom stereocenters. The number of fused-ring (bicyclic) bond motifs is 1. The van der Waals surface area contributed by atoms with Crippen molar-refractivity contribution in [3.63, 3.8) is 0 Å². The van der Waals surface area contributed by atoms with E-state index in [9.17, 15) is 15.0 Å². The number of benzene rings is 1. The van der Waals surface area contributed by atoms with Gasteiger partial charge in [-0.15, -0.1) is 0 Å². The Morgan fingerprint density at radius 3 is 2.70 bits per heavy atom. The normalized spacial score (nSPS) is 32.0. The van der Waals surface area contributed by atoms with Crippen LogP contribution in [0.3, 0.4) is 0 Å².